The Labute approximate surface area is 80.6 Å². The smallest absolute Gasteiger partial charge is 0.202 e. The molecule has 0 aromatic heterocycles. The molecule has 0 bridgehead atoms. The minimum atomic E-state index is -3.26. The van der Waals surface area contributed by atoms with Crippen molar-refractivity contribution >= 4 is 10.2 Å². The monoisotopic (exact) mass is 206 g/mol. The first-order chi connectivity index (χ1) is 6.12. The largest absolute Gasteiger partial charge is 0.276 e. The summed E-state index contributed by atoms with van der Waals surface area (Å²) in [6, 6.07) is 0. The Morgan fingerprint density at radius 3 is 2.38 bits per heavy atom. The Balaban J connectivity index is 3.63. The first-order valence-electron chi connectivity index (χ1n) is 4.47. The molecule has 0 spiro atoms. The normalized spacial score (nSPS) is 12.5. The van der Waals surface area contributed by atoms with Gasteiger partial charge in [0.15, 0.2) is 0 Å². The van der Waals surface area contributed by atoms with Gasteiger partial charge < -0.3 is 0 Å². The lowest BCUT2D eigenvalue weighted by molar-refractivity contribution is 0.566. The van der Waals surface area contributed by atoms with E-state index < -0.39 is 10.2 Å². The molecule has 0 radical (unpaired) electrons. The summed E-state index contributed by atoms with van der Waals surface area (Å²) in [5, 5.41) is 0. The SMILES string of the molecule is C/C=C/CCNS(=O)(=O)NCCC. The first-order valence-corrected chi connectivity index (χ1v) is 5.96. The van der Waals surface area contributed by atoms with Gasteiger partial charge in [-0.25, -0.2) is 9.44 Å². The molecule has 0 fully saturated rings. The van der Waals surface area contributed by atoms with Crippen molar-refractivity contribution in [3.8, 4) is 0 Å². The van der Waals surface area contributed by atoms with Gasteiger partial charge in [0.2, 0.25) is 0 Å². The quantitative estimate of drug-likeness (QED) is 0.478. The predicted molar refractivity (Wildman–Crippen MR) is 54.6 cm³/mol. The highest BCUT2D eigenvalue weighted by Crippen LogP contribution is 1.83. The molecule has 0 aliphatic heterocycles. The van der Waals surface area contributed by atoms with Crippen LogP contribution in [-0.4, -0.2) is 21.5 Å². The lowest BCUT2D eigenvalue weighted by Crippen LogP contribution is -2.37. The van der Waals surface area contributed by atoms with Gasteiger partial charge in [-0.15, -0.1) is 0 Å². The first kappa shape index (κ1) is 12.6. The zero-order valence-corrected chi connectivity index (χ0v) is 9.02. The maximum atomic E-state index is 11.1. The van der Waals surface area contributed by atoms with E-state index in [9.17, 15) is 8.42 Å². The van der Waals surface area contributed by atoms with Gasteiger partial charge in [0.25, 0.3) is 10.2 Å². The van der Waals surface area contributed by atoms with E-state index in [0.717, 1.165) is 12.8 Å². The van der Waals surface area contributed by atoms with Crippen molar-refractivity contribution in [3.05, 3.63) is 12.2 Å². The molecule has 0 heterocycles. The summed E-state index contributed by atoms with van der Waals surface area (Å²) in [4.78, 5) is 0. The van der Waals surface area contributed by atoms with E-state index in [2.05, 4.69) is 9.44 Å². The number of hydrogen-bond donors (Lipinski definition) is 2. The molecule has 13 heavy (non-hydrogen) atoms. The van der Waals surface area contributed by atoms with Crippen LogP contribution in [0.5, 0.6) is 0 Å². The van der Waals surface area contributed by atoms with Crippen LogP contribution in [0.1, 0.15) is 26.7 Å². The third kappa shape index (κ3) is 7.95. The molecular formula is C8H18N2O2S. The summed E-state index contributed by atoms with van der Waals surface area (Å²) in [7, 11) is -3.26. The fourth-order valence-corrected chi connectivity index (χ4v) is 1.69. The molecule has 0 saturated heterocycles. The van der Waals surface area contributed by atoms with Crippen LogP contribution in [0.25, 0.3) is 0 Å². The maximum absolute atomic E-state index is 11.1. The molecule has 4 nitrogen and oxygen atoms in total. The Morgan fingerprint density at radius 2 is 1.85 bits per heavy atom. The average molecular weight is 206 g/mol. The number of hydrogen-bond acceptors (Lipinski definition) is 2. The van der Waals surface area contributed by atoms with Crippen LogP contribution in [0.3, 0.4) is 0 Å². The van der Waals surface area contributed by atoms with E-state index >= 15 is 0 Å². The van der Waals surface area contributed by atoms with Gasteiger partial charge in [-0.3, -0.25) is 0 Å². The van der Waals surface area contributed by atoms with Crippen LogP contribution < -0.4 is 9.44 Å². The summed E-state index contributed by atoms with van der Waals surface area (Å²) in [6.07, 6.45) is 5.34. The topological polar surface area (TPSA) is 58.2 Å². The van der Waals surface area contributed by atoms with Crippen LogP contribution in [0.4, 0.5) is 0 Å². The van der Waals surface area contributed by atoms with E-state index in [1.54, 1.807) is 0 Å². The lowest BCUT2D eigenvalue weighted by atomic mass is 10.4. The molecule has 78 valence electrons. The predicted octanol–water partition coefficient (Wildman–Crippen LogP) is 0.787. The summed E-state index contributed by atoms with van der Waals surface area (Å²) in [5.74, 6) is 0. The van der Waals surface area contributed by atoms with E-state index in [1.807, 2.05) is 26.0 Å². The van der Waals surface area contributed by atoms with Crippen molar-refractivity contribution in [2.24, 2.45) is 0 Å². The Morgan fingerprint density at radius 1 is 1.23 bits per heavy atom. The summed E-state index contributed by atoms with van der Waals surface area (Å²) in [6.45, 7) is 4.76. The second kappa shape index (κ2) is 7.06. The molecule has 0 amide bonds. The summed E-state index contributed by atoms with van der Waals surface area (Å²) < 4.78 is 27.1. The number of nitrogens with one attached hydrogen (secondary N) is 2. The molecular weight excluding hydrogens is 188 g/mol. The third-order valence-electron chi connectivity index (χ3n) is 1.38. The number of allylic oxidation sites excluding steroid dienone is 1. The van der Waals surface area contributed by atoms with Crippen molar-refractivity contribution in [3.63, 3.8) is 0 Å². The molecule has 0 aromatic carbocycles. The standard InChI is InChI=1S/C8H18N2O2S/c1-3-5-6-8-10-13(11,12)9-7-4-2/h3,5,9-10H,4,6-8H2,1-2H3/b5-3+. The second-order valence-corrected chi connectivity index (χ2v) is 4.23. The Kier molecular flexibility index (Phi) is 6.84. The van der Waals surface area contributed by atoms with Gasteiger partial charge >= 0.3 is 0 Å². The molecule has 0 saturated carbocycles. The Bertz CT molecular complexity index is 235. The van der Waals surface area contributed by atoms with E-state index in [1.165, 1.54) is 0 Å². The highest BCUT2D eigenvalue weighted by atomic mass is 32.2. The second-order valence-electron chi connectivity index (χ2n) is 2.65. The Hall–Kier alpha value is -0.390. The van der Waals surface area contributed by atoms with Crippen molar-refractivity contribution in [1.29, 1.82) is 0 Å². The third-order valence-corrected chi connectivity index (χ3v) is 2.55. The fourth-order valence-electron chi connectivity index (χ4n) is 0.731. The van der Waals surface area contributed by atoms with E-state index in [-0.39, 0.29) is 0 Å². The molecule has 0 aromatic rings. The van der Waals surface area contributed by atoms with Gasteiger partial charge in [-0.05, 0) is 19.8 Å². The molecule has 0 aliphatic carbocycles. The number of rotatable bonds is 7. The van der Waals surface area contributed by atoms with Gasteiger partial charge in [0.05, 0.1) is 0 Å². The molecule has 2 N–H and O–H groups in total. The zero-order valence-electron chi connectivity index (χ0n) is 8.21. The van der Waals surface area contributed by atoms with Crippen LogP contribution in [-0.2, 0) is 10.2 Å². The van der Waals surface area contributed by atoms with Crippen molar-refractivity contribution < 1.29 is 8.42 Å². The molecule has 0 atom stereocenters. The van der Waals surface area contributed by atoms with Crippen LogP contribution in [0.15, 0.2) is 12.2 Å². The van der Waals surface area contributed by atoms with Gasteiger partial charge in [0, 0.05) is 13.1 Å². The van der Waals surface area contributed by atoms with Crippen molar-refractivity contribution in [2.45, 2.75) is 26.7 Å². The highest BCUT2D eigenvalue weighted by molar-refractivity contribution is 7.87. The van der Waals surface area contributed by atoms with Crippen LogP contribution in [0.2, 0.25) is 0 Å². The lowest BCUT2D eigenvalue weighted by Gasteiger charge is -2.05. The molecule has 0 aliphatic rings. The van der Waals surface area contributed by atoms with Crippen LogP contribution >= 0.6 is 0 Å². The molecule has 5 heteroatoms. The summed E-state index contributed by atoms with van der Waals surface area (Å²) >= 11 is 0. The average Bonchev–Trinajstić information content (AvgIpc) is 2.09. The maximum Gasteiger partial charge on any atom is 0.276 e. The van der Waals surface area contributed by atoms with Gasteiger partial charge in [-0.1, -0.05) is 19.1 Å². The van der Waals surface area contributed by atoms with Crippen molar-refractivity contribution in [2.75, 3.05) is 13.1 Å². The van der Waals surface area contributed by atoms with E-state index in [0.29, 0.717) is 13.1 Å². The molecule has 0 rings (SSSR count). The van der Waals surface area contributed by atoms with Gasteiger partial charge in [-0.2, -0.15) is 8.42 Å². The van der Waals surface area contributed by atoms with E-state index in [4.69, 9.17) is 0 Å². The van der Waals surface area contributed by atoms with Crippen molar-refractivity contribution in [1.82, 2.24) is 9.44 Å². The zero-order chi connectivity index (χ0) is 10.2. The van der Waals surface area contributed by atoms with Gasteiger partial charge in [0.1, 0.15) is 0 Å². The minimum Gasteiger partial charge on any atom is -0.202 e. The minimum absolute atomic E-state index is 0.448. The molecule has 0 unspecified atom stereocenters. The van der Waals surface area contributed by atoms with Crippen LogP contribution in [0, 0.1) is 0 Å². The summed E-state index contributed by atoms with van der Waals surface area (Å²) in [5.41, 5.74) is 0. The fraction of sp³-hybridized carbons (Fsp3) is 0.750. The highest BCUT2D eigenvalue weighted by Gasteiger charge is 2.05.